The van der Waals surface area contributed by atoms with Gasteiger partial charge >= 0.3 is 0 Å². The van der Waals surface area contributed by atoms with Crippen molar-refractivity contribution in [2.45, 2.75) is 13.3 Å². The molecule has 1 fully saturated rings. The van der Waals surface area contributed by atoms with Crippen molar-refractivity contribution in [1.82, 2.24) is 10.2 Å². The van der Waals surface area contributed by atoms with E-state index in [2.05, 4.69) is 24.1 Å². The molecule has 0 radical (unpaired) electrons. The Morgan fingerprint density at radius 1 is 1.69 bits per heavy atom. The molecule has 1 aliphatic heterocycles. The lowest BCUT2D eigenvalue weighted by molar-refractivity contribution is -0.124. The zero-order valence-electron chi connectivity index (χ0n) is 8.26. The van der Waals surface area contributed by atoms with E-state index in [1.165, 1.54) is 0 Å². The molecule has 0 aliphatic carbocycles. The molecular weight excluding hydrogens is 164 g/mol. The molecule has 1 unspecified atom stereocenters. The predicted octanol–water partition coefficient (Wildman–Crippen LogP) is 0.0776. The lowest BCUT2D eigenvalue weighted by Gasteiger charge is -2.10. The summed E-state index contributed by atoms with van der Waals surface area (Å²) in [5.74, 6) is 6.00. The van der Waals surface area contributed by atoms with Crippen molar-refractivity contribution in [3.63, 3.8) is 0 Å². The third kappa shape index (κ3) is 3.08. The van der Waals surface area contributed by atoms with E-state index in [1.54, 1.807) is 0 Å². The van der Waals surface area contributed by atoms with E-state index < -0.39 is 0 Å². The molecule has 1 saturated heterocycles. The second-order valence-electron chi connectivity index (χ2n) is 3.48. The van der Waals surface area contributed by atoms with Gasteiger partial charge in [-0.05, 0) is 25.3 Å². The fourth-order valence-electron chi connectivity index (χ4n) is 1.41. The molecule has 0 spiro atoms. The third-order valence-electron chi connectivity index (χ3n) is 2.17. The second-order valence-corrected chi connectivity index (χ2v) is 3.48. The van der Waals surface area contributed by atoms with Gasteiger partial charge in [0.1, 0.15) is 0 Å². The SMILES string of the molecule is CNCC#CC(=O)N1CCC(C)C1. The highest BCUT2D eigenvalue weighted by atomic mass is 16.2. The first-order chi connectivity index (χ1) is 6.24. The van der Waals surface area contributed by atoms with Gasteiger partial charge in [-0.1, -0.05) is 12.8 Å². The van der Waals surface area contributed by atoms with Gasteiger partial charge in [-0.15, -0.1) is 0 Å². The first-order valence-electron chi connectivity index (χ1n) is 4.66. The molecule has 1 N–H and O–H groups in total. The Balaban J connectivity index is 2.37. The Hall–Kier alpha value is -1.01. The molecule has 0 saturated carbocycles. The third-order valence-corrected chi connectivity index (χ3v) is 2.17. The smallest absolute Gasteiger partial charge is 0.298 e. The van der Waals surface area contributed by atoms with E-state index >= 15 is 0 Å². The van der Waals surface area contributed by atoms with Crippen LogP contribution in [0.25, 0.3) is 0 Å². The van der Waals surface area contributed by atoms with Crippen LogP contribution in [-0.2, 0) is 4.79 Å². The zero-order chi connectivity index (χ0) is 9.68. The van der Waals surface area contributed by atoms with Crippen LogP contribution in [0, 0.1) is 17.8 Å². The topological polar surface area (TPSA) is 32.3 Å². The molecule has 1 heterocycles. The summed E-state index contributed by atoms with van der Waals surface area (Å²) in [5, 5.41) is 2.88. The van der Waals surface area contributed by atoms with Crippen LogP contribution in [0.15, 0.2) is 0 Å². The predicted molar refractivity (Wildman–Crippen MR) is 52.1 cm³/mol. The van der Waals surface area contributed by atoms with Crippen molar-refractivity contribution >= 4 is 5.91 Å². The van der Waals surface area contributed by atoms with Gasteiger partial charge in [-0.3, -0.25) is 4.79 Å². The van der Waals surface area contributed by atoms with Gasteiger partial charge in [0.15, 0.2) is 0 Å². The molecule has 1 atom stereocenters. The quantitative estimate of drug-likeness (QED) is 0.579. The fourth-order valence-corrected chi connectivity index (χ4v) is 1.41. The van der Waals surface area contributed by atoms with Gasteiger partial charge in [0.2, 0.25) is 0 Å². The van der Waals surface area contributed by atoms with Crippen molar-refractivity contribution in [2.24, 2.45) is 5.92 Å². The Labute approximate surface area is 79.5 Å². The molecule has 1 amide bonds. The van der Waals surface area contributed by atoms with Crippen LogP contribution in [0.4, 0.5) is 0 Å². The van der Waals surface area contributed by atoms with Gasteiger partial charge in [0.05, 0.1) is 6.54 Å². The minimum Gasteiger partial charge on any atom is -0.332 e. The number of hydrogen-bond donors (Lipinski definition) is 1. The van der Waals surface area contributed by atoms with Crippen LogP contribution >= 0.6 is 0 Å². The van der Waals surface area contributed by atoms with Gasteiger partial charge in [0, 0.05) is 13.1 Å². The number of likely N-dealkylation sites (tertiary alicyclic amines) is 1. The van der Waals surface area contributed by atoms with Gasteiger partial charge in [-0.2, -0.15) is 0 Å². The first-order valence-corrected chi connectivity index (χ1v) is 4.66. The summed E-state index contributed by atoms with van der Waals surface area (Å²) in [4.78, 5) is 13.2. The van der Waals surface area contributed by atoms with E-state index in [9.17, 15) is 4.79 Å². The molecule has 0 aromatic carbocycles. The maximum absolute atomic E-state index is 11.4. The number of hydrogen-bond acceptors (Lipinski definition) is 2. The van der Waals surface area contributed by atoms with E-state index in [0.29, 0.717) is 12.5 Å². The highest BCUT2D eigenvalue weighted by Crippen LogP contribution is 2.14. The van der Waals surface area contributed by atoms with E-state index in [1.807, 2.05) is 11.9 Å². The number of nitrogens with zero attached hydrogens (tertiary/aromatic N) is 1. The summed E-state index contributed by atoms with van der Waals surface area (Å²) in [6.07, 6.45) is 1.11. The molecule has 3 heteroatoms. The zero-order valence-corrected chi connectivity index (χ0v) is 8.26. The van der Waals surface area contributed by atoms with Crippen LogP contribution in [0.3, 0.4) is 0 Å². The Morgan fingerprint density at radius 2 is 2.46 bits per heavy atom. The van der Waals surface area contributed by atoms with Crippen molar-refractivity contribution in [2.75, 3.05) is 26.7 Å². The van der Waals surface area contributed by atoms with E-state index in [-0.39, 0.29) is 5.91 Å². The van der Waals surface area contributed by atoms with Gasteiger partial charge in [0.25, 0.3) is 5.91 Å². The lowest BCUT2D eigenvalue weighted by atomic mass is 10.2. The van der Waals surface area contributed by atoms with Crippen molar-refractivity contribution in [3.8, 4) is 11.8 Å². The standard InChI is InChI=1S/C10H16N2O/c1-9-5-7-12(8-9)10(13)4-3-6-11-2/h9,11H,5-8H2,1-2H3. The average molecular weight is 180 g/mol. The van der Waals surface area contributed by atoms with Crippen molar-refractivity contribution in [1.29, 1.82) is 0 Å². The average Bonchev–Trinajstić information content (AvgIpc) is 2.52. The molecule has 1 aliphatic rings. The van der Waals surface area contributed by atoms with E-state index in [0.717, 1.165) is 19.5 Å². The maximum atomic E-state index is 11.4. The molecular formula is C10H16N2O. The lowest BCUT2D eigenvalue weighted by Crippen LogP contribution is -2.27. The fraction of sp³-hybridized carbons (Fsp3) is 0.700. The molecule has 0 aromatic rings. The maximum Gasteiger partial charge on any atom is 0.298 e. The van der Waals surface area contributed by atoms with Crippen LogP contribution in [0.5, 0.6) is 0 Å². The normalized spacial score (nSPS) is 21.1. The molecule has 72 valence electrons. The Morgan fingerprint density at radius 3 is 3.00 bits per heavy atom. The van der Waals surface area contributed by atoms with Gasteiger partial charge < -0.3 is 10.2 Å². The molecule has 13 heavy (non-hydrogen) atoms. The summed E-state index contributed by atoms with van der Waals surface area (Å²) < 4.78 is 0. The number of carbonyl (C=O) groups is 1. The van der Waals surface area contributed by atoms with Gasteiger partial charge in [-0.25, -0.2) is 0 Å². The highest BCUT2D eigenvalue weighted by Gasteiger charge is 2.21. The van der Waals surface area contributed by atoms with Crippen molar-refractivity contribution < 1.29 is 4.79 Å². The minimum atomic E-state index is -0.0281. The summed E-state index contributed by atoms with van der Waals surface area (Å²) in [7, 11) is 1.82. The van der Waals surface area contributed by atoms with Crippen molar-refractivity contribution in [3.05, 3.63) is 0 Å². The van der Waals surface area contributed by atoms with Crippen LogP contribution in [-0.4, -0.2) is 37.5 Å². The summed E-state index contributed by atoms with van der Waals surface area (Å²) in [6, 6.07) is 0. The molecule has 1 rings (SSSR count). The molecule has 0 bridgehead atoms. The first kappa shape index (κ1) is 10.1. The molecule has 3 nitrogen and oxygen atoms in total. The number of nitrogens with one attached hydrogen (secondary N) is 1. The Bertz CT molecular complexity index is 239. The second kappa shape index (κ2) is 4.88. The monoisotopic (exact) mass is 180 g/mol. The Kier molecular flexibility index (Phi) is 3.78. The van der Waals surface area contributed by atoms with Crippen LogP contribution in [0.1, 0.15) is 13.3 Å². The van der Waals surface area contributed by atoms with Crippen LogP contribution in [0.2, 0.25) is 0 Å². The number of carbonyl (C=O) groups excluding carboxylic acids is 1. The largest absolute Gasteiger partial charge is 0.332 e. The highest BCUT2D eigenvalue weighted by molar-refractivity contribution is 5.93. The summed E-state index contributed by atoms with van der Waals surface area (Å²) >= 11 is 0. The molecule has 0 aromatic heterocycles. The number of amides is 1. The number of rotatable bonds is 1. The summed E-state index contributed by atoms with van der Waals surface area (Å²) in [5.41, 5.74) is 0. The van der Waals surface area contributed by atoms with Crippen LogP contribution < -0.4 is 5.32 Å². The minimum absolute atomic E-state index is 0.0281. The van der Waals surface area contributed by atoms with E-state index in [4.69, 9.17) is 0 Å². The summed E-state index contributed by atoms with van der Waals surface area (Å²) in [6.45, 7) is 4.48.